The van der Waals surface area contributed by atoms with E-state index in [2.05, 4.69) is 10.3 Å². The molecule has 12 heteroatoms. The lowest BCUT2D eigenvalue weighted by molar-refractivity contribution is 0.0508. The quantitative estimate of drug-likeness (QED) is 0.262. The number of rotatable bonds is 8. The lowest BCUT2D eigenvalue weighted by atomic mass is 10.2. The van der Waals surface area contributed by atoms with Gasteiger partial charge in [-0.15, -0.1) is 11.3 Å². The van der Waals surface area contributed by atoms with Gasteiger partial charge in [-0.3, -0.25) is 4.90 Å². The highest BCUT2D eigenvalue weighted by Gasteiger charge is 2.29. The zero-order valence-corrected chi connectivity index (χ0v) is 25.7. The lowest BCUT2D eigenvalue weighted by Gasteiger charge is -2.27. The number of halogens is 2. The first-order chi connectivity index (χ1) is 17.7. The maximum atomic E-state index is 13.3. The number of carbonyl (C=O) groups excluding carboxylic acids is 2. The van der Waals surface area contributed by atoms with Crippen molar-refractivity contribution in [3.63, 3.8) is 0 Å². The summed E-state index contributed by atoms with van der Waals surface area (Å²) in [6.07, 6.45) is 2.90. The third kappa shape index (κ3) is 8.43. The molecule has 8 nitrogen and oxygen atoms in total. The fourth-order valence-electron chi connectivity index (χ4n) is 3.55. The highest BCUT2D eigenvalue weighted by atomic mass is 35.5. The van der Waals surface area contributed by atoms with Crippen molar-refractivity contribution < 1.29 is 23.5 Å². The standard InChI is InChI=1S/C26H33Cl2N3O5S2/c1-25(2,3)35-23(32)29-15(14-37-7)11-18-20(28)21-22(38-18)17(12-19(27)30-21)31(13-16-9-8-10-34-16)24(33)36-26(4,5)6/h8-10,12,15H,11,13-14H2,1-7H3,(H,29,32)/t15-/m1/s1. The number of nitrogens with zero attached hydrogens (tertiary/aromatic N) is 2. The molecule has 2 amide bonds. The molecule has 1 atom stereocenters. The van der Waals surface area contributed by atoms with Crippen LogP contribution in [0.2, 0.25) is 10.2 Å². The molecular weight excluding hydrogens is 569 g/mol. The Morgan fingerprint density at radius 1 is 1.18 bits per heavy atom. The summed E-state index contributed by atoms with van der Waals surface area (Å²) in [5.74, 6) is 1.22. The number of pyridine rings is 1. The normalized spacial score (nSPS) is 12.9. The van der Waals surface area contributed by atoms with Crippen molar-refractivity contribution >= 4 is 74.4 Å². The van der Waals surface area contributed by atoms with Gasteiger partial charge in [0.2, 0.25) is 0 Å². The van der Waals surface area contributed by atoms with Gasteiger partial charge in [0.05, 0.1) is 28.2 Å². The van der Waals surface area contributed by atoms with Gasteiger partial charge in [-0.25, -0.2) is 14.6 Å². The van der Waals surface area contributed by atoms with Crippen LogP contribution in [0.1, 0.15) is 52.2 Å². The average Bonchev–Trinajstić information content (AvgIpc) is 3.38. The molecule has 3 aromatic rings. The molecule has 0 bridgehead atoms. The first-order valence-corrected chi connectivity index (χ1v) is 14.9. The number of nitrogens with one attached hydrogen (secondary N) is 1. The predicted molar refractivity (Wildman–Crippen MR) is 156 cm³/mol. The first-order valence-electron chi connectivity index (χ1n) is 12.0. The molecule has 0 radical (unpaired) electrons. The van der Waals surface area contributed by atoms with Gasteiger partial charge in [0, 0.05) is 29.2 Å². The Balaban J connectivity index is 2.01. The molecule has 3 aromatic heterocycles. The van der Waals surface area contributed by atoms with Crippen LogP contribution in [-0.2, 0) is 22.4 Å². The van der Waals surface area contributed by atoms with E-state index in [1.165, 1.54) is 16.2 Å². The molecule has 0 fully saturated rings. The maximum absolute atomic E-state index is 13.3. The van der Waals surface area contributed by atoms with E-state index in [9.17, 15) is 9.59 Å². The van der Waals surface area contributed by atoms with Crippen LogP contribution >= 0.6 is 46.3 Å². The SMILES string of the molecule is CSC[C@@H](Cc1sc2c(N(Cc3ccco3)C(=O)OC(C)(C)C)cc(Cl)nc2c1Cl)NC(=O)OC(C)(C)C. The van der Waals surface area contributed by atoms with Crippen LogP contribution in [0, 0.1) is 0 Å². The second-order valence-electron chi connectivity index (χ2n) is 10.6. The summed E-state index contributed by atoms with van der Waals surface area (Å²) in [5.41, 5.74) is -0.351. The van der Waals surface area contributed by atoms with Gasteiger partial charge in [0.1, 0.15) is 27.6 Å². The van der Waals surface area contributed by atoms with Crippen molar-refractivity contribution in [2.24, 2.45) is 0 Å². The van der Waals surface area contributed by atoms with Crippen LogP contribution < -0.4 is 10.2 Å². The van der Waals surface area contributed by atoms with Crippen LogP contribution in [0.4, 0.5) is 15.3 Å². The fourth-order valence-corrected chi connectivity index (χ4v) is 5.96. The molecular formula is C26H33Cl2N3O5S2. The second-order valence-corrected chi connectivity index (χ2v) is 13.4. The molecule has 3 heterocycles. The topological polar surface area (TPSA) is 93.9 Å². The molecule has 0 aliphatic heterocycles. The number of carbonyl (C=O) groups is 2. The van der Waals surface area contributed by atoms with Crippen LogP contribution in [0.3, 0.4) is 0 Å². The third-order valence-electron chi connectivity index (χ3n) is 4.92. The molecule has 3 rings (SSSR count). The summed E-state index contributed by atoms with van der Waals surface area (Å²) in [6.45, 7) is 11.0. The predicted octanol–water partition coefficient (Wildman–Crippen LogP) is 7.94. The summed E-state index contributed by atoms with van der Waals surface area (Å²) in [5, 5.41) is 3.54. The molecule has 0 saturated heterocycles. The molecule has 0 aliphatic carbocycles. The van der Waals surface area contributed by atoms with Gasteiger partial charge in [-0.1, -0.05) is 23.2 Å². The molecule has 208 valence electrons. The number of ether oxygens (including phenoxy) is 2. The Labute approximate surface area is 241 Å². The number of anilines is 1. The van der Waals surface area contributed by atoms with Crippen molar-refractivity contribution in [1.29, 1.82) is 0 Å². The van der Waals surface area contributed by atoms with E-state index in [1.54, 1.807) is 57.0 Å². The van der Waals surface area contributed by atoms with E-state index in [1.807, 2.05) is 27.0 Å². The Hall–Kier alpha value is -2.14. The number of amides is 2. The monoisotopic (exact) mass is 601 g/mol. The number of hydrogen-bond acceptors (Lipinski definition) is 8. The van der Waals surface area contributed by atoms with Gasteiger partial charge in [-0.2, -0.15) is 11.8 Å². The minimum atomic E-state index is -0.717. The Morgan fingerprint density at radius 3 is 2.45 bits per heavy atom. The minimum Gasteiger partial charge on any atom is -0.467 e. The second kappa shape index (κ2) is 12.4. The molecule has 38 heavy (non-hydrogen) atoms. The summed E-state index contributed by atoms with van der Waals surface area (Å²) in [6, 6.07) is 4.90. The van der Waals surface area contributed by atoms with Crippen molar-refractivity contribution in [3.8, 4) is 0 Å². The van der Waals surface area contributed by atoms with Crippen molar-refractivity contribution in [2.75, 3.05) is 16.9 Å². The first kappa shape index (κ1) is 30.4. The smallest absolute Gasteiger partial charge is 0.415 e. The maximum Gasteiger partial charge on any atom is 0.415 e. The molecule has 0 spiro atoms. The third-order valence-corrected chi connectivity index (χ3v) is 7.59. The van der Waals surface area contributed by atoms with Gasteiger partial charge in [-0.05, 0) is 59.9 Å². The van der Waals surface area contributed by atoms with E-state index in [-0.39, 0.29) is 17.7 Å². The number of thioether (sulfide) groups is 1. The lowest BCUT2D eigenvalue weighted by Crippen LogP contribution is -2.41. The number of alkyl carbamates (subject to hydrolysis) is 1. The number of fused-ring (bicyclic) bond motifs is 1. The van der Waals surface area contributed by atoms with Crippen LogP contribution in [-0.4, -0.2) is 46.4 Å². The summed E-state index contributed by atoms with van der Waals surface area (Å²) >= 11 is 16.2. The van der Waals surface area contributed by atoms with Crippen LogP contribution in [0.15, 0.2) is 28.9 Å². The molecule has 0 aromatic carbocycles. The average molecular weight is 603 g/mol. The Bertz CT molecular complexity index is 1270. The van der Waals surface area contributed by atoms with Gasteiger partial charge in [0.15, 0.2) is 0 Å². The van der Waals surface area contributed by atoms with E-state index in [0.717, 1.165) is 4.88 Å². The van der Waals surface area contributed by atoms with E-state index in [4.69, 9.17) is 37.1 Å². The summed E-state index contributed by atoms with van der Waals surface area (Å²) in [7, 11) is 0. The van der Waals surface area contributed by atoms with Gasteiger partial charge < -0.3 is 19.2 Å². The van der Waals surface area contributed by atoms with Crippen molar-refractivity contribution in [1.82, 2.24) is 10.3 Å². The zero-order valence-electron chi connectivity index (χ0n) is 22.5. The number of furan rings is 1. The Kier molecular flexibility index (Phi) is 9.89. The Morgan fingerprint density at radius 2 is 1.87 bits per heavy atom. The van der Waals surface area contributed by atoms with Crippen LogP contribution in [0.25, 0.3) is 10.2 Å². The van der Waals surface area contributed by atoms with Gasteiger partial charge >= 0.3 is 12.2 Å². The minimum absolute atomic E-state index is 0.123. The van der Waals surface area contributed by atoms with Gasteiger partial charge in [0.25, 0.3) is 0 Å². The number of thiophene rings is 1. The van der Waals surface area contributed by atoms with Crippen LogP contribution in [0.5, 0.6) is 0 Å². The summed E-state index contributed by atoms with van der Waals surface area (Å²) in [4.78, 5) is 32.5. The zero-order chi connectivity index (χ0) is 28.3. The highest BCUT2D eigenvalue weighted by molar-refractivity contribution is 7.98. The number of hydrogen-bond donors (Lipinski definition) is 1. The highest BCUT2D eigenvalue weighted by Crippen LogP contribution is 2.42. The van der Waals surface area contributed by atoms with E-state index >= 15 is 0 Å². The molecule has 0 aliphatic rings. The van der Waals surface area contributed by atoms with Crippen molar-refractivity contribution in [3.05, 3.63) is 45.3 Å². The van der Waals surface area contributed by atoms with E-state index in [0.29, 0.717) is 38.9 Å². The molecule has 0 saturated carbocycles. The fraction of sp³-hybridized carbons (Fsp3) is 0.500. The molecule has 0 unspecified atom stereocenters. The van der Waals surface area contributed by atoms with Crippen molar-refractivity contribution in [2.45, 2.75) is 71.8 Å². The van der Waals surface area contributed by atoms with E-state index < -0.39 is 23.4 Å². The molecule has 1 N–H and O–H groups in total. The largest absolute Gasteiger partial charge is 0.467 e. The number of aromatic nitrogens is 1. The summed E-state index contributed by atoms with van der Waals surface area (Å²) < 4.78 is 17.3.